The fourth-order valence-electron chi connectivity index (χ4n) is 2.43. The Morgan fingerprint density at radius 1 is 1.21 bits per heavy atom. The molecule has 0 bridgehead atoms. The maximum absolute atomic E-state index is 9.87. The van der Waals surface area contributed by atoms with E-state index in [0.717, 1.165) is 31.7 Å². The molecule has 0 heterocycles. The van der Waals surface area contributed by atoms with E-state index in [1.165, 1.54) is 12.8 Å². The smallest absolute Gasteiger partial charge is 0.0897 e. The van der Waals surface area contributed by atoms with Crippen LogP contribution in [-0.2, 0) is 4.74 Å². The van der Waals surface area contributed by atoms with Crippen LogP contribution in [0.25, 0.3) is 0 Å². The van der Waals surface area contributed by atoms with E-state index in [-0.39, 0.29) is 6.10 Å². The fourth-order valence-corrected chi connectivity index (χ4v) is 2.43. The van der Waals surface area contributed by atoms with Gasteiger partial charge in [-0.2, -0.15) is 0 Å². The molecule has 1 rings (SSSR count). The second kappa shape index (κ2) is 8.23. The fraction of sp³-hybridized carbons (Fsp3) is 1.00. The molecule has 0 radical (unpaired) electrons. The van der Waals surface area contributed by atoms with Crippen molar-refractivity contribution in [1.82, 2.24) is 5.32 Å². The first kappa shape index (κ1) is 16.9. The first-order valence-corrected chi connectivity index (χ1v) is 7.87. The Bertz CT molecular complexity index is 229. The molecule has 3 heteroatoms. The molecule has 0 aromatic heterocycles. The minimum atomic E-state index is -0.376. The van der Waals surface area contributed by atoms with Gasteiger partial charge in [0.2, 0.25) is 0 Å². The molecule has 0 aromatic rings. The Labute approximate surface area is 119 Å². The highest BCUT2D eigenvalue weighted by Gasteiger charge is 2.19. The zero-order valence-corrected chi connectivity index (χ0v) is 13.2. The lowest BCUT2D eigenvalue weighted by atomic mass is 9.89. The summed E-state index contributed by atoms with van der Waals surface area (Å²) in [5, 5.41) is 13.2. The zero-order chi connectivity index (χ0) is 14.3. The van der Waals surface area contributed by atoms with Gasteiger partial charge in [-0.05, 0) is 50.0 Å². The second-order valence-electron chi connectivity index (χ2n) is 7.38. The van der Waals surface area contributed by atoms with Crippen molar-refractivity contribution in [3.8, 4) is 0 Å². The molecule has 1 atom stereocenters. The Morgan fingerprint density at radius 2 is 1.84 bits per heavy atom. The van der Waals surface area contributed by atoms with Crippen molar-refractivity contribution in [2.24, 2.45) is 11.3 Å². The SMILES string of the molecule is CC1CCC(OCC(O)CNCCC(C)(C)C)CC1. The van der Waals surface area contributed by atoms with Crippen LogP contribution in [0.5, 0.6) is 0 Å². The van der Waals surface area contributed by atoms with Gasteiger partial charge in [0.1, 0.15) is 0 Å². The second-order valence-corrected chi connectivity index (χ2v) is 7.38. The first-order valence-electron chi connectivity index (χ1n) is 7.87. The summed E-state index contributed by atoms with van der Waals surface area (Å²) in [5.41, 5.74) is 0.354. The molecule has 19 heavy (non-hydrogen) atoms. The van der Waals surface area contributed by atoms with Gasteiger partial charge in [-0.3, -0.25) is 0 Å². The minimum Gasteiger partial charge on any atom is -0.389 e. The maximum atomic E-state index is 9.87. The van der Waals surface area contributed by atoms with Gasteiger partial charge >= 0.3 is 0 Å². The van der Waals surface area contributed by atoms with Gasteiger partial charge in [0.15, 0.2) is 0 Å². The van der Waals surface area contributed by atoms with Crippen molar-refractivity contribution in [2.75, 3.05) is 19.7 Å². The first-order chi connectivity index (χ1) is 8.87. The summed E-state index contributed by atoms with van der Waals surface area (Å²) in [5.74, 6) is 0.851. The van der Waals surface area contributed by atoms with E-state index in [4.69, 9.17) is 4.74 Å². The van der Waals surface area contributed by atoms with Gasteiger partial charge in [0.25, 0.3) is 0 Å². The Kier molecular flexibility index (Phi) is 7.33. The summed E-state index contributed by atoms with van der Waals surface area (Å²) in [6.07, 6.45) is 5.98. The van der Waals surface area contributed by atoms with Gasteiger partial charge in [-0.15, -0.1) is 0 Å². The van der Waals surface area contributed by atoms with E-state index in [1.54, 1.807) is 0 Å². The van der Waals surface area contributed by atoms with Crippen LogP contribution < -0.4 is 5.32 Å². The largest absolute Gasteiger partial charge is 0.389 e. The van der Waals surface area contributed by atoms with E-state index >= 15 is 0 Å². The van der Waals surface area contributed by atoms with Crippen LogP contribution in [0.3, 0.4) is 0 Å². The monoisotopic (exact) mass is 271 g/mol. The molecule has 2 N–H and O–H groups in total. The summed E-state index contributed by atoms with van der Waals surface area (Å²) >= 11 is 0. The van der Waals surface area contributed by atoms with Crippen LogP contribution in [0.2, 0.25) is 0 Å². The summed E-state index contributed by atoms with van der Waals surface area (Å²) in [7, 11) is 0. The van der Waals surface area contributed by atoms with E-state index in [1.807, 2.05) is 0 Å². The summed E-state index contributed by atoms with van der Waals surface area (Å²) in [6, 6.07) is 0. The highest BCUT2D eigenvalue weighted by Crippen LogP contribution is 2.25. The van der Waals surface area contributed by atoms with Gasteiger partial charge < -0.3 is 15.2 Å². The van der Waals surface area contributed by atoms with Gasteiger partial charge in [0.05, 0.1) is 18.8 Å². The lowest BCUT2D eigenvalue weighted by Crippen LogP contribution is -2.34. The van der Waals surface area contributed by atoms with E-state index in [2.05, 4.69) is 33.0 Å². The van der Waals surface area contributed by atoms with E-state index < -0.39 is 0 Å². The minimum absolute atomic E-state index is 0.354. The lowest BCUT2D eigenvalue weighted by Gasteiger charge is -2.27. The predicted octanol–water partition coefficient (Wildman–Crippen LogP) is 2.97. The summed E-state index contributed by atoms with van der Waals surface area (Å²) in [4.78, 5) is 0. The lowest BCUT2D eigenvalue weighted by molar-refractivity contribution is -0.0278. The Balaban J connectivity index is 2.00. The molecule has 1 saturated carbocycles. The molecule has 1 aliphatic rings. The Hall–Kier alpha value is -0.120. The molecule has 1 fully saturated rings. The molecular weight excluding hydrogens is 238 g/mol. The molecule has 1 aliphatic carbocycles. The third kappa shape index (κ3) is 8.61. The third-order valence-electron chi connectivity index (χ3n) is 3.92. The van der Waals surface area contributed by atoms with Crippen LogP contribution in [-0.4, -0.2) is 37.0 Å². The topological polar surface area (TPSA) is 41.5 Å². The van der Waals surface area contributed by atoms with Gasteiger partial charge in [0, 0.05) is 6.54 Å². The van der Waals surface area contributed by atoms with Crippen LogP contribution in [0.4, 0.5) is 0 Å². The number of ether oxygens (including phenoxy) is 1. The number of hydrogen-bond acceptors (Lipinski definition) is 3. The average molecular weight is 271 g/mol. The van der Waals surface area contributed by atoms with Crippen molar-refractivity contribution >= 4 is 0 Å². The Morgan fingerprint density at radius 3 is 2.42 bits per heavy atom. The predicted molar refractivity (Wildman–Crippen MR) is 80.3 cm³/mol. The summed E-state index contributed by atoms with van der Waals surface area (Å²) < 4.78 is 5.80. The number of aliphatic hydroxyl groups excluding tert-OH is 1. The number of rotatable bonds is 7. The molecule has 0 spiro atoms. The van der Waals surface area contributed by atoms with Crippen LogP contribution >= 0.6 is 0 Å². The van der Waals surface area contributed by atoms with E-state index in [0.29, 0.717) is 24.7 Å². The third-order valence-corrected chi connectivity index (χ3v) is 3.92. The van der Waals surface area contributed by atoms with E-state index in [9.17, 15) is 5.11 Å². The number of aliphatic hydroxyl groups is 1. The molecule has 3 nitrogen and oxygen atoms in total. The highest BCUT2D eigenvalue weighted by atomic mass is 16.5. The molecule has 0 amide bonds. The summed E-state index contributed by atoms with van der Waals surface area (Å²) in [6.45, 7) is 11.1. The highest BCUT2D eigenvalue weighted by molar-refractivity contribution is 4.71. The molecule has 0 saturated heterocycles. The van der Waals surface area contributed by atoms with Crippen LogP contribution in [0.15, 0.2) is 0 Å². The van der Waals surface area contributed by atoms with Crippen LogP contribution in [0.1, 0.15) is 59.8 Å². The zero-order valence-electron chi connectivity index (χ0n) is 13.2. The molecule has 0 aromatic carbocycles. The van der Waals surface area contributed by atoms with Crippen molar-refractivity contribution in [2.45, 2.75) is 72.0 Å². The maximum Gasteiger partial charge on any atom is 0.0897 e. The van der Waals surface area contributed by atoms with Crippen molar-refractivity contribution in [1.29, 1.82) is 0 Å². The molecule has 114 valence electrons. The number of nitrogens with one attached hydrogen (secondary N) is 1. The van der Waals surface area contributed by atoms with Crippen molar-refractivity contribution in [3.63, 3.8) is 0 Å². The standard InChI is InChI=1S/C16H33NO2/c1-13-5-7-15(8-6-13)19-12-14(18)11-17-10-9-16(2,3)4/h13-15,17-18H,5-12H2,1-4H3. The van der Waals surface area contributed by atoms with Gasteiger partial charge in [-0.25, -0.2) is 0 Å². The average Bonchev–Trinajstić information content (AvgIpc) is 2.33. The quantitative estimate of drug-likeness (QED) is 0.700. The van der Waals surface area contributed by atoms with Crippen molar-refractivity contribution < 1.29 is 9.84 Å². The normalized spacial score (nSPS) is 26.4. The van der Waals surface area contributed by atoms with Crippen molar-refractivity contribution in [3.05, 3.63) is 0 Å². The molecule has 1 unspecified atom stereocenters. The van der Waals surface area contributed by atoms with Gasteiger partial charge in [-0.1, -0.05) is 27.7 Å². The van der Waals surface area contributed by atoms with Crippen LogP contribution in [0, 0.1) is 11.3 Å². The molecular formula is C16H33NO2. The number of hydrogen-bond donors (Lipinski definition) is 2. The molecule has 0 aliphatic heterocycles.